The molecule has 0 saturated heterocycles. The number of hydrogen-bond donors (Lipinski definition) is 1. The van der Waals surface area contributed by atoms with Crippen LogP contribution in [0.15, 0.2) is 16.5 Å². The number of aliphatic carboxylic acids is 1. The van der Waals surface area contributed by atoms with Crippen molar-refractivity contribution >= 4 is 5.97 Å². The first-order chi connectivity index (χ1) is 7.41. The smallest absolute Gasteiger partial charge is 0.303 e. The zero-order valence-electron chi connectivity index (χ0n) is 10.2. The maximum absolute atomic E-state index is 10.7. The van der Waals surface area contributed by atoms with Gasteiger partial charge in [-0.05, 0) is 39.1 Å². The molecule has 0 aromatic carbocycles. The summed E-state index contributed by atoms with van der Waals surface area (Å²) in [6.45, 7) is 3.81. The van der Waals surface area contributed by atoms with Crippen LogP contribution in [0.25, 0.3) is 0 Å². The highest BCUT2D eigenvalue weighted by Crippen LogP contribution is 2.30. The van der Waals surface area contributed by atoms with Gasteiger partial charge in [0.15, 0.2) is 0 Å². The minimum Gasteiger partial charge on any atom is -0.481 e. The highest BCUT2D eigenvalue weighted by Gasteiger charge is 2.26. The van der Waals surface area contributed by atoms with Crippen molar-refractivity contribution in [3.8, 4) is 0 Å². The summed E-state index contributed by atoms with van der Waals surface area (Å²) in [5.41, 5.74) is 0. The normalized spacial score (nSPS) is 15.1. The number of aryl methyl sites for hydroxylation is 1. The lowest BCUT2D eigenvalue weighted by Gasteiger charge is -2.27. The van der Waals surface area contributed by atoms with Crippen molar-refractivity contribution in [1.29, 1.82) is 0 Å². The molecule has 0 aliphatic heterocycles. The first kappa shape index (κ1) is 12.8. The van der Waals surface area contributed by atoms with Crippen molar-refractivity contribution in [1.82, 2.24) is 4.90 Å². The standard InChI is InChI=1S/C12H19NO3/c1-8(7-11(14)15)12(13(3)4)10-6-5-9(2)16-10/h5-6,8,12H,7H2,1-4H3,(H,14,15). The van der Waals surface area contributed by atoms with Gasteiger partial charge in [0, 0.05) is 6.42 Å². The van der Waals surface area contributed by atoms with Gasteiger partial charge in [0.05, 0.1) is 6.04 Å². The molecule has 90 valence electrons. The summed E-state index contributed by atoms with van der Waals surface area (Å²) in [5, 5.41) is 8.82. The van der Waals surface area contributed by atoms with E-state index in [1.54, 1.807) is 0 Å². The summed E-state index contributed by atoms with van der Waals surface area (Å²) in [6.07, 6.45) is 0.141. The van der Waals surface area contributed by atoms with E-state index in [4.69, 9.17) is 9.52 Å². The van der Waals surface area contributed by atoms with Gasteiger partial charge in [-0.3, -0.25) is 9.69 Å². The molecule has 2 atom stereocenters. The van der Waals surface area contributed by atoms with E-state index in [1.165, 1.54) is 0 Å². The van der Waals surface area contributed by atoms with E-state index < -0.39 is 5.97 Å². The Hall–Kier alpha value is -1.29. The van der Waals surface area contributed by atoms with E-state index in [9.17, 15) is 4.79 Å². The van der Waals surface area contributed by atoms with Gasteiger partial charge in [-0.2, -0.15) is 0 Å². The van der Waals surface area contributed by atoms with Crippen LogP contribution in [0.5, 0.6) is 0 Å². The van der Waals surface area contributed by atoms with E-state index in [0.717, 1.165) is 11.5 Å². The molecule has 1 heterocycles. The molecule has 1 rings (SSSR count). The van der Waals surface area contributed by atoms with E-state index in [2.05, 4.69) is 0 Å². The minimum absolute atomic E-state index is 0.00444. The van der Waals surface area contributed by atoms with E-state index in [0.29, 0.717) is 0 Å². The lowest BCUT2D eigenvalue weighted by molar-refractivity contribution is -0.138. The fourth-order valence-electron chi connectivity index (χ4n) is 2.04. The van der Waals surface area contributed by atoms with Gasteiger partial charge < -0.3 is 9.52 Å². The molecule has 0 fully saturated rings. The molecular weight excluding hydrogens is 206 g/mol. The van der Waals surface area contributed by atoms with Gasteiger partial charge in [0.1, 0.15) is 11.5 Å². The van der Waals surface area contributed by atoms with Crippen LogP contribution in [0.3, 0.4) is 0 Å². The molecule has 1 aromatic rings. The lowest BCUT2D eigenvalue weighted by atomic mass is 9.95. The number of rotatable bonds is 5. The molecule has 16 heavy (non-hydrogen) atoms. The average molecular weight is 225 g/mol. The molecule has 0 aliphatic carbocycles. The van der Waals surface area contributed by atoms with E-state index in [1.807, 2.05) is 45.0 Å². The fourth-order valence-corrected chi connectivity index (χ4v) is 2.04. The Balaban J connectivity index is 2.86. The molecule has 0 spiro atoms. The third-order valence-corrected chi connectivity index (χ3v) is 2.64. The first-order valence-corrected chi connectivity index (χ1v) is 5.36. The SMILES string of the molecule is Cc1ccc(C(C(C)CC(=O)O)N(C)C)o1. The van der Waals surface area contributed by atoms with Crippen LogP contribution in [0.1, 0.15) is 30.9 Å². The highest BCUT2D eigenvalue weighted by atomic mass is 16.4. The molecule has 1 N–H and O–H groups in total. The van der Waals surface area contributed by atoms with Crippen molar-refractivity contribution in [3.05, 3.63) is 23.7 Å². The van der Waals surface area contributed by atoms with Gasteiger partial charge in [0.2, 0.25) is 0 Å². The molecule has 0 saturated carbocycles. The van der Waals surface area contributed by atoms with Crippen LogP contribution in [-0.4, -0.2) is 30.1 Å². The molecule has 4 nitrogen and oxygen atoms in total. The summed E-state index contributed by atoms with van der Waals surface area (Å²) in [7, 11) is 3.86. The fraction of sp³-hybridized carbons (Fsp3) is 0.583. The monoisotopic (exact) mass is 225 g/mol. The molecule has 1 aromatic heterocycles. The van der Waals surface area contributed by atoms with E-state index >= 15 is 0 Å². The van der Waals surface area contributed by atoms with Crippen molar-refractivity contribution in [2.75, 3.05) is 14.1 Å². The second-order valence-corrected chi connectivity index (χ2v) is 4.43. The molecule has 0 radical (unpaired) electrons. The molecule has 0 aliphatic rings. The summed E-state index contributed by atoms with van der Waals surface area (Å²) < 4.78 is 5.58. The zero-order chi connectivity index (χ0) is 12.3. The summed E-state index contributed by atoms with van der Waals surface area (Å²) in [5.74, 6) is 0.918. The van der Waals surface area contributed by atoms with Crippen LogP contribution >= 0.6 is 0 Å². The zero-order valence-corrected chi connectivity index (χ0v) is 10.2. The Morgan fingerprint density at radius 1 is 1.50 bits per heavy atom. The molecule has 0 bridgehead atoms. The third-order valence-electron chi connectivity index (χ3n) is 2.64. The first-order valence-electron chi connectivity index (χ1n) is 5.36. The second-order valence-electron chi connectivity index (χ2n) is 4.43. The summed E-state index contributed by atoms with van der Waals surface area (Å²) >= 11 is 0. The van der Waals surface area contributed by atoms with Crippen molar-refractivity contribution in [3.63, 3.8) is 0 Å². The Labute approximate surface area is 95.9 Å². The lowest BCUT2D eigenvalue weighted by Crippen LogP contribution is -2.27. The summed E-state index contributed by atoms with van der Waals surface area (Å²) in [6, 6.07) is 3.82. The van der Waals surface area contributed by atoms with Gasteiger partial charge >= 0.3 is 5.97 Å². The molecule has 4 heteroatoms. The molecule has 0 amide bonds. The second kappa shape index (κ2) is 5.16. The number of carboxylic acids is 1. The topological polar surface area (TPSA) is 53.7 Å². The quantitative estimate of drug-likeness (QED) is 0.835. The number of carboxylic acid groups (broad SMARTS) is 1. The number of hydrogen-bond acceptors (Lipinski definition) is 3. The Morgan fingerprint density at radius 3 is 2.50 bits per heavy atom. The van der Waals surface area contributed by atoms with E-state index in [-0.39, 0.29) is 18.4 Å². The number of carbonyl (C=O) groups is 1. The summed E-state index contributed by atoms with van der Waals surface area (Å²) in [4.78, 5) is 12.7. The van der Waals surface area contributed by atoms with Crippen molar-refractivity contribution in [2.24, 2.45) is 5.92 Å². The van der Waals surface area contributed by atoms with Crippen LogP contribution in [0.4, 0.5) is 0 Å². The van der Waals surface area contributed by atoms with Crippen LogP contribution in [-0.2, 0) is 4.79 Å². The average Bonchev–Trinajstić information content (AvgIpc) is 2.49. The maximum Gasteiger partial charge on any atom is 0.303 e. The van der Waals surface area contributed by atoms with Gasteiger partial charge in [-0.1, -0.05) is 6.92 Å². The third kappa shape index (κ3) is 3.10. The number of nitrogens with zero attached hydrogens (tertiary/aromatic N) is 1. The van der Waals surface area contributed by atoms with Crippen molar-refractivity contribution < 1.29 is 14.3 Å². The number of furan rings is 1. The van der Waals surface area contributed by atoms with Gasteiger partial charge in [-0.15, -0.1) is 0 Å². The van der Waals surface area contributed by atoms with Gasteiger partial charge in [-0.25, -0.2) is 0 Å². The highest BCUT2D eigenvalue weighted by molar-refractivity contribution is 5.67. The predicted molar refractivity (Wildman–Crippen MR) is 61.3 cm³/mol. The minimum atomic E-state index is -0.775. The molecular formula is C12H19NO3. The Bertz CT molecular complexity index is 357. The van der Waals surface area contributed by atoms with Crippen LogP contribution < -0.4 is 0 Å². The van der Waals surface area contributed by atoms with Crippen molar-refractivity contribution in [2.45, 2.75) is 26.3 Å². The largest absolute Gasteiger partial charge is 0.481 e. The molecule has 2 unspecified atom stereocenters. The Morgan fingerprint density at radius 2 is 2.12 bits per heavy atom. The van der Waals surface area contributed by atoms with Crippen LogP contribution in [0, 0.1) is 12.8 Å². The van der Waals surface area contributed by atoms with Gasteiger partial charge in [0.25, 0.3) is 0 Å². The predicted octanol–water partition coefficient (Wildman–Crippen LogP) is 2.30. The Kier molecular flexibility index (Phi) is 4.12. The van der Waals surface area contributed by atoms with Crippen LogP contribution in [0.2, 0.25) is 0 Å². The maximum atomic E-state index is 10.7.